The van der Waals surface area contributed by atoms with E-state index in [9.17, 15) is 4.39 Å². The molecule has 166 valence electrons. The average molecular weight is 461 g/mol. The van der Waals surface area contributed by atoms with Crippen molar-refractivity contribution in [1.29, 1.82) is 0 Å². The summed E-state index contributed by atoms with van der Waals surface area (Å²) in [6, 6.07) is 18.0. The maximum absolute atomic E-state index is 14.7. The highest BCUT2D eigenvalue weighted by Gasteiger charge is 2.21. The van der Waals surface area contributed by atoms with Crippen LogP contribution in [0.25, 0.3) is 45.2 Å². The first-order valence-electron chi connectivity index (χ1n) is 10.7. The number of rotatable bonds is 5. The zero-order chi connectivity index (χ0) is 23.1. The maximum atomic E-state index is 14.7. The summed E-state index contributed by atoms with van der Waals surface area (Å²) in [5, 5.41) is 0.279. The van der Waals surface area contributed by atoms with Gasteiger partial charge in [-0.15, -0.1) is 0 Å². The topological polar surface area (TPSA) is 85.4 Å². The molecule has 3 aromatic heterocycles. The summed E-state index contributed by atoms with van der Waals surface area (Å²) in [6.07, 6.45) is 0. The van der Waals surface area contributed by atoms with E-state index in [4.69, 9.17) is 27.3 Å². The Balaban J connectivity index is 1.73. The minimum atomic E-state index is -0.450. The van der Waals surface area contributed by atoms with E-state index in [0.29, 0.717) is 47.0 Å². The average Bonchev–Trinajstić information content (AvgIpc) is 3.35. The van der Waals surface area contributed by atoms with Crippen LogP contribution in [0, 0.1) is 11.7 Å². The van der Waals surface area contributed by atoms with Crippen molar-refractivity contribution in [2.24, 2.45) is 5.92 Å². The Morgan fingerprint density at radius 3 is 2.52 bits per heavy atom. The smallest absolute Gasteiger partial charge is 0.202 e. The largest absolute Gasteiger partial charge is 0.369 e. The molecule has 0 bridgehead atoms. The first kappa shape index (κ1) is 21.2. The van der Waals surface area contributed by atoms with Crippen molar-refractivity contribution >= 4 is 28.7 Å². The molecule has 0 spiro atoms. The molecule has 0 radical (unpaired) electrons. The van der Waals surface area contributed by atoms with Crippen molar-refractivity contribution in [3.63, 3.8) is 0 Å². The number of H-pyrrole nitrogens is 1. The second-order valence-electron chi connectivity index (χ2n) is 8.29. The van der Waals surface area contributed by atoms with Crippen molar-refractivity contribution in [2.45, 2.75) is 20.4 Å². The van der Waals surface area contributed by atoms with Crippen LogP contribution in [-0.4, -0.2) is 24.5 Å². The number of hydrogen-bond acceptors (Lipinski definition) is 4. The Labute approximate surface area is 195 Å². The molecule has 33 heavy (non-hydrogen) atoms. The number of nitrogens with one attached hydrogen (secondary N) is 1. The van der Waals surface area contributed by atoms with Crippen LogP contribution < -0.4 is 5.73 Å². The van der Waals surface area contributed by atoms with Crippen LogP contribution in [0.3, 0.4) is 0 Å². The number of nitrogens with zero attached hydrogens (tertiary/aromatic N) is 4. The molecule has 0 saturated heterocycles. The monoisotopic (exact) mass is 460 g/mol. The number of fused-ring (bicyclic) bond motifs is 1. The molecule has 0 aliphatic carbocycles. The number of nitrogens with two attached hydrogens (primary N) is 1. The number of aromatic nitrogens is 5. The number of pyridine rings is 1. The van der Waals surface area contributed by atoms with Crippen LogP contribution in [0.2, 0.25) is 5.02 Å². The summed E-state index contributed by atoms with van der Waals surface area (Å²) in [7, 11) is 0. The van der Waals surface area contributed by atoms with E-state index in [1.807, 2.05) is 47.0 Å². The molecule has 2 aromatic carbocycles. The summed E-state index contributed by atoms with van der Waals surface area (Å²) in [6.45, 7) is 4.92. The predicted molar refractivity (Wildman–Crippen MR) is 130 cm³/mol. The first-order chi connectivity index (χ1) is 15.9. The zero-order valence-corrected chi connectivity index (χ0v) is 18.9. The third-order valence-corrected chi connectivity index (χ3v) is 5.69. The highest BCUT2D eigenvalue weighted by Crippen LogP contribution is 2.36. The van der Waals surface area contributed by atoms with Crippen LogP contribution in [0.1, 0.15) is 13.8 Å². The van der Waals surface area contributed by atoms with Gasteiger partial charge in [0.2, 0.25) is 5.95 Å². The lowest BCUT2D eigenvalue weighted by molar-refractivity contribution is 0.535. The lowest BCUT2D eigenvalue weighted by atomic mass is 10.1. The molecule has 0 aliphatic heterocycles. The van der Waals surface area contributed by atoms with Crippen LogP contribution >= 0.6 is 11.6 Å². The maximum Gasteiger partial charge on any atom is 0.202 e. The lowest BCUT2D eigenvalue weighted by Crippen LogP contribution is -2.08. The van der Waals surface area contributed by atoms with E-state index >= 15 is 0 Å². The quantitative estimate of drug-likeness (QED) is 0.327. The Bertz CT molecular complexity index is 1430. The minimum absolute atomic E-state index is 0.220. The van der Waals surface area contributed by atoms with Gasteiger partial charge in [0.05, 0.1) is 27.7 Å². The molecule has 5 aromatic rings. The van der Waals surface area contributed by atoms with Crippen LogP contribution in [-0.2, 0) is 6.54 Å². The second-order valence-corrected chi connectivity index (χ2v) is 8.69. The summed E-state index contributed by atoms with van der Waals surface area (Å²) in [5.41, 5.74) is 10.6. The fourth-order valence-electron chi connectivity index (χ4n) is 3.91. The number of hydrogen-bond donors (Lipinski definition) is 2. The number of aromatic amines is 1. The molecule has 0 aliphatic rings. The number of imidazole rings is 2. The van der Waals surface area contributed by atoms with E-state index in [1.165, 1.54) is 6.07 Å². The molecule has 0 unspecified atom stereocenters. The van der Waals surface area contributed by atoms with Gasteiger partial charge in [0.1, 0.15) is 17.2 Å². The van der Waals surface area contributed by atoms with Crippen molar-refractivity contribution in [3.8, 4) is 34.0 Å². The van der Waals surface area contributed by atoms with Crippen LogP contribution in [0.4, 0.5) is 10.3 Å². The van der Waals surface area contributed by atoms with Crippen molar-refractivity contribution < 1.29 is 4.39 Å². The van der Waals surface area contributed by atoms with Gasteiger partial charge in [-0.1, -0.05) is 61.8 Å². The molecule has 6 nitrogen and oxygen atoms in total. The van der Waals surface area contributed by atoms with Gasteiger partial charge in [0.25, 0.3) is 0 Å². The molecule has 0 fully saturated rings. The van der Waals surface area contributed by atoms with Crippen LogP contribution in [0.5, 0.6) is 0 Å². The third kappa shape index (κ3) is 3.85. The van der Waals surface area contributed by atoms with Gasteiger partial charge in [-0.2, -0.15) is 0 Å². The minimum Gasteiger partial charge on any atom is -0.369 e. The standard InChI is InChI=1S/C25H22ClFN6/c1-14(2)13-33-24-19(30-25(33)28)12-11-18(29-24)22-21(15-7-4-3-5-8-15)31-23(32-22)20-16(26)9-6-10-17(20)27/h3-12,14H,13H2,1-2H3,(H2,28,30)(H,31,32). The summed E-state index contributed by atoms with van der Waals surface area (Å²) in [5.74, 6) is 0.685. The van der Waals surface area contributed by atoms with Crippen molar-refractivity contribution in [3.05, 3.63) is 71.5 Å². The van der Waals surface area contributed by atoms with Gasteiger partial charge in [0.15, 0.2) is 5.65 Å². The van der Waals surface area contributed by atoms with E-state index in [1.54, 1.807) is 12.1 Å². The summed E-state index contributed by atoms with van der Waals surface area (Å²) < 4.78 is 16.6. The van der Waals surface area contributed by atoms with Gasteiger partial charge in [-0.05, 0) is 30.2 Å². The summed E-state index contributed by atoms with van der Waals surface area (Å²) >= 11 is 6.33. The molecule has 0 amide bonds. The lowest BCUT2D eigenvalue weighted by Gasteiger charge is -2.09. The van der Waals surface area contributed by atoms with Gasteiger partial charge in [0, 0.05) is 12.1 Å². The van der Waals surface area contributed by atoms with E-state index < -0.39 is 5.82 Å². The summed E-state index contributed by atoms with van der Waals surface area (Å²) in [4.78, 5) is 17.3. The van der Waals surface area contributed by atoms with Gasteiger partial charge in [-0.25, -0.2) is 19.3 Å². The SMILES string of the molecule is CC(C)Cn1c(N)nc2ccc(-c3[nH]c(-c4c(F)cccc4Cl)nc3-c3ccccc3)nc21. The molecule has 3 heterocycles. The fourth-order valence-corrected chi connectivity index (χ4v) is 4.16. The van der Waals surface area contributed by atoms with Gasteiger partial charge < -0.3 is 10.7 Å². The van der Waals surface area contributed by atoms with Crippen molar-refractivity contribution in [1.82, 2.24) is 24.5 Å². The van der Waals surface area contributed by atoms with E-state index in [0.717, 1.165) is 11.1 Å². The Morgan fingerprint density at radius 1 is 1.00 bits per heavy atom. The molecule has 5 rings (SSSR count). The number of halogens is 2. The van der Waals surface area contributed by atoms with Crippen molar-refractivity contribution in [2.75, 3.05) is 5.73 Å². The number of anilines is 1. The van der Waals surface area contributed by atoms with Gasteiger partial charge in [-0.3, -0.25) is 4.57 Å². The molecule has 3 N–H and O–H groups in total. The number of benzene rings is 2. The Kier molecular flexibility index (Phi) is 5.34. The first-order valence-corrected chi connectivity index (χ1v) is 11.0. The normalized spacial score (nSPS) is 11.5. The second kappa shape index (κ2) is 8.33. The third-order valence-electron chi connectivity index (χ3n) is 5.38. The highest BCUT2D eigenvalue weighted by molar-refractivity contribution is 6.33. The fraction of sp³-hybridized carbons (Fsp3) is 0.160. The van der Waals surface area contributed by atoms with Crippen LogP contribution in [0.15, 0.2) is 60.7 Å². The molecular formula is C25H22ClFN6. The molecule has 0 atom stereocenters. The zero-order valence-electron chi connectivity index (χ0n) is 18.2. The Morgan fingerprint density at radius 2 is 1.79 bits per heavy atom. The Hall–Kier alpha value is -3.71. The van der Waals surface area contributed by atoms with Gasteiger partial charge >= 0.3 is 0 Å². The molecular weight excluding hydrogens is 439 g/mol. The van der Waals surface area contributed by atoms with E-state index in [-0.39, 0.29) is 10.6 Å². The molecule has 0 saturated carbocycles. The highest BCUT2D eigenvalue weighted by atomic mass is 35.5. The molecule has 8 heteroatoms. The predicted octanol–water partition coefficient (Wildman–Crippen LogP) is 6.19. The number of nitrogen functional groups attached to an aromatic ring is 1. The van der Waals surface area contributed by atoms with E-state index in [2.05, 4.69) is 23.8 Å².